The Hall–Kier alpha value is -0.0966. The van der Waals surface area contributed by atoms with Crippen molar-refractivity contribution < 1.29 is 18.3 Å². The van der Waals surface area contributed by atoms with Gasteiger partial charge in [-0.3, -0.25) is 0 Å². The normalized spacial score (nSPS) is 19.0. The zero-order chi connectivity index (χ0) is 5.28. The van der Waals surface area contributed by atoms with Crippen molar-refractivity contribution in [3.63, 3.8) is 0 Å². The molecule has 0 radical (unpaired) electrons. The van der Waals surface area contributed by atoms with Crippen LogP contribution in [0.1, 0.15) is 6.42 Å². The van der Waals surface area contributed by atoms with E-state index in [4.69, 9.17) is 5.73 Å². The zero-order valence-corrected chi connectivity index (χ0v) is 5.53. The van der Waals surface area contributed by atoms with Crippen LogP contribution in [0, 0.1) is 0 Å². The van der Waals surface area contributed by atoms with Gasteiger partial charge in [0.2, 0.25) is 0 Å². The van der Waals surface area contributed by atoms with E-state index in [2.05, 4.69) is 24.4 Å². The van der Waals surface area contributed by atoms with Crippen LogP contribution in [0.15, 0.2) is 22.0 Å². The van der Waals surface area contributed by atoms with Crippen LogP contribution in [0.4, 0.5) is 0 Å². The third-order valence-electron chi connectivity index (χ3n) is 0.896. The Morgan fingerprint density at radius 1 is 1.71 bits per heavy atom. The molecule has 0 aromatic rings. The minimum atomic E-state index is 0.913. The molecule has 1 nitrogen and oxygen atoms in total. The van der Waals surface area contributed by atoms with Gasteiger partial charge in [0.15, 0.2) is 0 Å². The fraction of sp³-hybridized carbons (Fsp3) is 0.200. The molecule has 7 heavy (non-hydrogen) atoms. The number of hydrogen-bond donors (Lipinski definition) is 1. The Morgan fingerprint density at radius 3 is 2.57 bits per heavy atom. The number of nitrogens with two attached hydrogens (primary N) is 1. The molecular weight excluding hydrogens is 175 g/mol. The van der Waals surface area contributed by atoms with Crippen LogP contribution < -0.4 is 5.73 Å². The van der Waals surface area contributed by atoms with Crippen molar-refractivity contribution in [2.24, 2.45) is 5.73 Å². The van der Waals surface area contributed by atoms with Gasteiger partial charge < -0.3 is 0 Å². The van der Waals surface area contributed by atoms with Crippen molar-refractivity contribution in [2.45, 2.75) is 6.42 Å². The van der Waals surface area contributed by atoms with E-state index in [0.29, 0.717) is 0 Å². The summed E-state index contributed by atoms with van der Waals surface area (Å²) in [6.45, 7) is 0. The van der Waals surface area contributed by atoms with E-state index in [-0.39, 0.29) is 0 Å². The maximum absolute atomic E-state index is 5.45. The molecule has 1 rings (SSSR count). The second kappa shape index (κ2) is 1.79. The van der Waals surface area contributed by atoms with Gasteiger partial charge >= 0.3 is 52.5 Å². The second-order valence-electron chi connectivity index (χ2n) is 1.45. The SMILES string of the molecule is NC1=[C]([Ru])CC=C1. The number of rotatable bonds is 0. The van der Waals surface area contributed by atoms with Crippen molar-refractivity contribution >= 4 is 0 Å². The van der Waals surface area contributed by atoms with Crippen LogP contribution in [-0.4, -0.2) is 0 Å². The summed E-state index contributed by atoms with van der Waals surface area (Å²) in [5.74, 6) is 0. The van der Waals surface area contributed by atoms with Crippen molar-refractivity contribution in [3.8, 4) is 0 Å². The first-order valence-corrected chi connectivity index (χ1v) is 2.97. The molecule has 2 N–H and O–H groups in total. The zero-order valence-electron chi connectivity index (χ0n) is 3.79. The monoisotopic (exact) mass is 182 g/mol. The molecule has 0 heterocycles. The first kappa shape index (κ1) is 5.05. The summed E-state index contributed by atoms with van der Waals surface area (Å²) in [6, 6.07) is 0. The van der Waals surface area contributed by atoms with Crippen LogP contribution in [-0.2, 0) is 18.3 Å². The van der Waals surface area contributed by atoms with E-state index >= 15 is 0 Å². The van der Waals surface area contributed by atoms with Gasteiger partial charge in [-0.2, -0.15) is 0 Å². The Morgan fingerprint density at radius 2 is 2.43 bits per heavy atom. The molecule has 39 valence electrons. The Labute approximate surface area is 53.0 Å². The Bertz CT molecular complexity index is 135. The van der Waals surface area contributed by atoms with E-state index in [1.165, 1.54) is 4.17 Å². The minimum absolute atomic E-state index is 0.913. The Kier molecular flexibility index (Phi) is 1.29. The molecule has 0 unspecified atom stereocenters. The summed E-state index contributed by atoms with van der Waals surface area (Å²) in [7, 11) is 0. The van der Waals surface area contributed by atoms with E-state index in [1.807, 2.05) is 6.08 Å². The van der Waals surface area contributed by atoms with Crippen molar-refractivity contribution in [1.82, 2.24) is 0 Å². The molecule has 0 atom stereocenters. The average Bonchev–Trinajstić information content (AvgIpc) is 1.91. The summed E-state index contributed by atoms with van der Waals surface area (Å²) in [5, 5.41) is 0. The van der Waals surface area contributed by atoms with Gasteiger partial charge in [-0.05, 0) is 0 Å². The molecule has 1 aliphatic rings. The second-order valence-corrected chi connectivity index (χ2v) is 2.50. The van der Waals surface area contributed by atoms with Gasteiger partial charge in [0.05, 0.1) is 0 Å². The van der Waals surface area contributed by atoms with Gasteiger partial charge in [0, 0.05) is 0 Å². The summed E-state index contributed by atoms with van der Waals surface area (Å²) < 4.78 is 1.22. The average molecular weight is 181 g/mol. The molecule has 0 bridgehead atoms. The molecule has 0 saturated heterocycles. The van der Waals surface area contributed by atoms with Crippen LogP contribution in [0.2, 0.25) is 0 Å². The maximum atomic E-state index is 5.45. The predicted octanol–water partition coefficient (Wildman–Crippen LogP) is 0.663. The summed E-state index contributed by atoms with van der Waals surface area (Å²) >= 11 is 2.52. The van der Waals surface area contributed by atoms with Gasteiger partial charge in [-0.1, -0.05) is 0 Å². The summed E-state index contributed by atoms with van der Waals surface area (Å²) in [6.07, 6.45) is 5.01. The molecule has 0 aliphatic heterocycles. The van der Waals surface area contributed by atoms with E-state index in [9.17, 15) is 0 Å². The summed E-state index contributed by atoms with van der Waals surface area (Å²) in [4.78, 5) is 0. The molecule has 0 saturated carbocycles. The first-order valence-electron chi connectivity index (χ1n) is 2.10. The fourth-order valence-electron chi connectivity index (χ4n) is 0.493. The molecule has 1 aliphatic carbocycles. The molecule has 0 amide bonds. The number of allylic oxidation sites excluding steroid dienone is 3. The fourth-order valence-corrected chi connectivity index (χ4v) is 0.842. The molecule has 0 aromatic carbocycles. The summed E-state index contributed by atoms with van der Waals surface area (Å²) in [5.41, 5.74) is 6.37. The topological polar surface area (TPSA) is 26.0 Å². The standard InChI is InChI=1S/C5H6N.Ru/c6-5-3-1-2-4-5;/h1,3H,2,6H2;. The number of hydrogen-bond acceptors (Lipinski definition) is 1. The van der Waals surface area contributed by atoms with Crippen LogP contribution in [0.5, 0.6) is 0 Å². The van der Waals surface area contributed by atoms with Crippen molar-refractivity contribution in [3.05, 3.63) is 22.0 Å². The molecular formula is C5H6NRu. The molecule has 0 aromatic heterocycles. The van der Waals surface area contributed by atoms with E-state index < -0.39 is 0 Å². The molecule has 2 heteroatoms. The molecule has 0 fully saturated rings. The van der Waals surface area contributed by atoms with Crippen LogP contribution >= 0.6 is 0 Å². The molecule has 0 spiro atoms. The van der Waals surface area contributed by atoms with Crippen molar-refractivity contribution in [2.75, 3.05) is 0 Å². The predicted molar refractivity (Wildman–Crippen MR) is 25.0 cm³/mol. The van der Waals surface area contributed by atoms with E-state index in [1.54, 1.807) is 0 Å². The van der Waals surface area contributed by atoms with Crippen LogP contribution in [0.3, 0.4) is 0 Å². The van der Waals surface area contributed by atoms with Gasteiger partial charge in [-0.15, -0.1) is 0 Å². The van der Waals surface area contributed by atoms with Crippen LogP contribution in [0.25, 0.3) is 0 Å². The Balaban J connectivity index is 2.79. The quantitative estimate of drug-likeness (QED) is 0.546. The van der Waals surface area contributed by atoms with Crippen molar-refractivity contribution in [1.29, 1.82) is 0 Å². The first-order chi connectivity index (χ1) is 3.30. The van der Waals surface area contributed by atoms with E-state index in [0.717, 1.165) is 12.1 Å². The third-order valence-corrected chi connectivity index (χ3v) is 1.75. The van der Waals surface area contributed by atoms with Gasteiger partial charge in [-0.25, -0.2) is 0 Å². The third kappa shape index (κ3) is 0.917. The van der Waals surface area contributed by atoms with Gasteiger partial charge in [0.1, 0.15) is 0 Å². The van der Waals surface area contributed by atoms with Gasteiger partial charge in [0.25, 0.3) is 0 Å².